The van der Waals surface area contributed by atoms with E-state index in [4.69, 9.17) is 4.74 Å². The van der Waals surface area contributed by atoms with E-state index in [-0.39, 0.29) is 12.5 Å². The molecule has 35 heavy (non-hydrogen) atoms. The summed E-state index contributed by atoms with van der Waals surface area (Å²) in [5.74, 6) is -2.39. The van der Waals surface area contributed by atoms with Gasteiger partial charge < -0.3 is 25.6 Å². The Balaban J connectivity index is 1.50. The fourth-order valence-corrected chi connectivity index (χ4v) is 4.32. The summed E-state index contributed by atoms with van der Waals surface area (Å²) < 4.78 is 6.91. The number of ether oxygens (including phenoxy) is 1. The zero-order valence-electron chi connectivity index (χ0n) is 19.2. The number of carbonyl (C=O) groups excluding carboxylic acids is 2. The van der Waals surface area contributed by atoms with Crippen LogP contribution in [0.4, 0.5) is 4.79 Å². The van der Waals surface area contributed by atoms with Gasteiger partial charge in [-0.15, -0.1) is 0 Å². The van der Waals surface area contributed by atoms with Crippen molar-refractivity contribution in [3.05, 3.63) is 77.6 Å². The highest BCUT2D eigenvalue weighted by atomic mass is 16.5. The molecule has 2 amide bonds. The molecule has 2 aromatic carbocycles. The number of benzene rings is 2. The number of carboxylic acid groups (broad SMARTS) is 1. The number of aliphatic hydroxyl groups excluding tert-OH is 1. The first-order chi connectivity index (χ1) is 16.8. The average Bonchev–Trinajstić information content (AvgIpc) is 3.40. The molecule has 0 saturated carbocycles. The molecule has 0 saturated heterocycles. The molecule has 0 aliphatic heterocycles. The van der Waals surface area contributed by atoms with Crippen LogP contribution in [0.25, 0.3) is 11.1 Å². The third-order valence-electron chi connectivity index (χ3n) is 6.07. The molecule has 0 bridgehead atoms. The number of amides is 2. The van der Waals surface area contributed by atoms with Crippen molar-refractivity contribution >= 4 is 18.0 Å². The van der Waals surface area contributed by atoms with Gasteiger partial charge in [-0.2, -0.15) is 5.10 Å². The standard InChI is InChI=1S/C25H26N4O6/c1-14(30)21(24(32)33)27-23(31)22(20-11-12-26-29(20)2)28-25(34)35-13-19-17-9-5-3-7-15(17)16-8-4-6-10-18(16)19/h3-12,14,19,21-22,30H,13H2,1-2H3,(H,27,31)(H,28,34)(H,32,33)/t14-,21+,22?/m1/s1. The van der Waals surface area contributed by atoms with Gasteiger partial charge in [-0.1, -0.05) is 48.5 Å². The summed E-state index contributed by atoms with van der Waals surface area (Å²) in [5.41, 5.74) is 4.57. The zero-order chi connectivity index (χ0) is 25.1. The summed E-state index contributed by atoms with van der Waals surface area (Å²) in [5, 5.41) is 27.8. The van der Waals surface area contributed by atoms with Crippen molar-refractivity contribution in [3.8, 4) is 11.1 Å². The number of aromatic nitrogens is 2. The van der Waals surface area contributed by atoms with Gasteiger partial charge in [-0.3, -0.25) is 9.48 Å². The molecule has 0 spiro atoms. The molecule has 3 aromatic rings. The van der Waals surface area contributed by atoms with Crippen LogP contribution in [0.2, 0.25) is 0 Å². The first kappa shape index (κ1) is 24.0. The van der Waals surface area contributed by atoms with E-state index in [2.05, 4.69) is 15.7 Å². The van der Waals surface area contributed by atoms with Crippen molar-refractivity contribution in [2.45, 2.75) is 31.0 Å². The molecule has 1 aliphatic carbocycles. The molecule has 4 N–H and O–H groups in total. The third-order valence-corrected chi connectivity index (χ3v) is 6.07. The van der Waals surface area contributed by atoms with Gasteiger partial charge in [0.1, 0.15) is 6.61 Å². The zero-order valence-corrected chi connectivity index (χ0v) is 19.2. The highest BCUT2D eigenvalue weighted by Crippen LogP contribution is 2.44. The number of aliphatic hydroxyl groups is 1. The minimum absolute atomic E-state index is 0.0466. The summed E-state index contributed by atoms with van der Waals surface area (Å²) in [4.78, 5) is 37.2. The second-order valence-electron chi connectivity index (χ2n) is 8.35. The number of rotatable bonds is 8. The van der Waals surface area contributed by atoms with Gasteiger partial charge in [0, 0.05) is 19.2 Å². The number of aryl methyl sites for hydroxylation is 1. The summed E-state index contributed by atoms with van der Waals surface area (Å²) in [7, 11) is 1.58. The molecular weight excluding hydrogens is 452 g/mol. The van der Waals surface area contributed by atoms with E-state index in [1.165, 1.54) is 23.9 Å². The Morgan fingerprint density at radius 2 is 1.63 bits per heavy atom. The predicted octanol–water partition coefficient (Wildman–Crippen LogP) is 1.95. The minimum atomic E-state index is -1.55. The van der Waals surface area contributed by atoms with E-state index in [1.54, 1.807) is 7.05 Å². The van der Waals surface area contributed by atoms with Crippen molar-refractivity contribution in [1.29, 1.82) is 0 Å². The molecule has 1 unspecified atom stereocenters. The fourth-order valence-electron chi connectivity index (χ4n) is 4.32. The maximum atomic E-state index is 12.9. The van der Waals surface area contributed by atoms with E-state index in [9.17, 15) is 24.6 Å². The van der Waals surface area contributed by atoms with Crippen LogP contribution in [-0.2, 0) is 21.4 Å². The van der Waals surface area contributed by atoms with E-state index >= 15 is 0 Å². The molecule has 1 heterocycles. The lowest BCUT2D eigenvalue weighted by atomic mass is 9.98. The maximum Gasteiger partial charge on any atom is 0.408 e. The van der Waals surface area contributed by atoms with E-state index in [1.807, 2.05) is 48.5 Å². The van der Waals surface area contributed by atoms with Gasteiger partial charge >= 0.3 is 12.1 Å². The van der Waals surface area contributed by atoms with Crippen molar-refractivity contribution in [1.82, 2.24) is 20.4 Å². The van der Waals surface area contributed by atoms with Gasteiger partial charge in [0.2, 0.25) is 5.91 Å². The van der Waals surface area contributed by atoms with Crippen LogP contribution in [0.3, 0.4) is 0 Å². The lowest BCUT2D eigenvalue weighted by molar-refractivity contribution is -0.145. The van der Waals surface area contributed by atoms with E-state index in [0.29, 0.717) is 5.69 Å². The number of nitrogens with zero attached hydrogens (tertiary/aromatic N) is 2. The van der Waals surface area contributed by atoms with Crippen LogP contribution in [0.1, 0.15) is 35.7 Å². The molecule has 3 atom stereocenters. The minimum Gasteiger partial charge on any atom is -0.480 e. The Hall–Kier alpha value is -4.18. The first-order valence-corrected chi connectivity index (χ1v) is 11.1. The van der Waals surface area contributed by atoms with Gasteiger partial charge in [0.25, 0.3) is 0 Å². The maximum absolute atomic E-state index is 12.9. The molecule has 1 aliphatic rings. The van der Waals surface area contributed by atoms with Crippen LogP contribution < -0.4 is 10.6 Å². The Labute approximate surface area is 201 Å². The van der Waals surface area contributed by atoms with Crippen LogP contribution >= 0.6 is 0 Å². The first-order valence-electron chi connectivity index (χ1n) is 11.1. The molecule has 1 aromatic heterocycles. The molecule has 4 rings (SSSR count). The number of aliphatic carboxylic acids is 1. The summed E-state index contributed by atoms with van der Waals surface area (Å²) >= 11 is 0. The second-order valence-corrected chi connectivity index (χ2v) is 8.35. The van der Waals surface area contributed by atoms with Gasteiger partial charge in [0.05, 0.1) is 11.8 Å². The molecule has 0 fully saturated rings. The van der Waals surface area contributed by atoms with E-state index in [0.717, 1.165) is 22.3 Å². The van der Waals surface area contributed by atoms with Gasteiger partial charge in [-0.25, -0.2) is 9.59 Å². The Kier molecular flexibility index (Phi) is 6.83. The molecule has 10 heteroatoms. The summed E-state index contributed by atoms with van der Waals surface area (Å²) in [6, 6.07) is 14.5. The Bertz CT molecular complexity index is 1210. The number of hydrogen-bond acceptors (Lipinski definition) is 6. The molecular formula is C25H26N4O6. The average molecular weight is 479 g/mol. The largest absolute Gasteiger partial charge is 0.480 e. The normalized spacial score (nSPS) is 14.8. The predicted molar refractivity (Wildman–Crippen MR) is 125 cm³/mol. The lowest BCUT2D eigenvalue weighted by Crippen LogP contribution is -2.52. The van der Waals surface area contributed by atoms with Gasteiger partial charge in [-0.05, 0) is 35.2 Å². The van der Waals surface area contributed by atoms with Crippen LogP contribution in [0.5, 0.6) is 0 Å². The van der Waals surface area contributed by atoms with Crippen molar-refractivity contribution in [3.63, 3.8) is 0 Å². The number of hydrogen-bond donors (Lipinski definition) is 4. The SMILES string of the molecule is C[C@@H](O)[C@H](NC(=O)C(NC(=O)OCC1c2ccccc2-c2ccccc21)c1ccnn1C)C(=O)O. The van der Waals surface area contributed by atoms with E-state index < -0.39 is 36.2 Å². The molecule has 182 valence electrons. The highest BCUT2D eigenvalue weighted by molar-refractivity contribution is 5.90. The molecule has 10 nitrogen and oxygen atoms in total. The fraction of sp³-hybridized carbons (Fsp3) is 0.280. The summed E-state index contributed by atoms with van der Waals surface area (Å²) in [6.45, 7) is 1.29. The van der Waals surface area contributed by atoms with Crippen LogP contribution in [0, 0.1) is 0 Å². The lowest BCUT2D eigenvalue weighted by Gasteiger charge is -2.23. The number of alkyl carbamates (subject to hydrolysis) is 1. The number of nitrogens with one attached hydrogen (secondary N) is 2. The Morgan fingerprint density at radius 1 is 1.03 bits per heavy atom. The summed E-state index contributed by atoms with van der Waals surface area (Å²) in [6.07, 6.45) is -0.756. The van der Waals surface area contributed by atoms with Crippen molar-refractivity contribution < 1.29 is 29.3 Å². The smallest absolute Gasteiger partial charge is 0.408 e. The van der Waals surface area contributed by atoms with Crippen molar-refractivity contribution in [2.75, 3.05) is 6.61 Å². The molecule has 0 radical (unpaired) electrons. The van der Waals surface area contributed by atoms with Crippen LogP contribution in [0.15, 0.2) is 60.8 Å². The van der Waals surface area contributed by atoms with Crippen LogP contribution in [-0.4, -0.2) is 56.7 Å². The number of carbonyl (C=O) groups is 3. The second kappa shape index (κ2) is 9.98. The third kappa shape index (κ3) is 4.87. The Morgan fingerprint density at radius 3 is 2.14 bits per heavy atom. The monoisotopic (exact) mass is 478 g/mol. The highest BCUT2D eigenvalue weighted by Gasteiger charge is 2.33. The number of carboxylic acids is 1. The van der Waals surface area contributed by atoms with Gasteiger partial charge in [0.15, 0.2) is 12.1 Å². The quantitative estimate of drug-likeness (QED) is 0.388. The topological polar surface area (TPSA) is 143 Å². The van der Waals surface area contributed by atoms with Crippen molar-refractivity contribution in [2.24, 2.45) is 7.05 Å². The number of fused-ring (bicyclic) bond motifs is 3.